The molecule has 0 saturated carbocycles. The molecule has 0 bridgehead atoms. The van der Waals surface area contributed by atoms with Gasteiger partial charge < -0.3 is 5.73 Å². The molecule has 0 aliphatic heterocycles. The van der Waals surface area contributed by atoms with Crippen molar-refractivity contribution in [3.05, 3.63) is 39.9 Å². The molecule has 3 rings (SSSR count). The van der Waals surface area contributed by atoms with E-state index in [0.29, 0.717) is 44.4 Å². The molecule has 3 aromatic rings. The van der Waals surface area contributed by atoms with E-state index in [4.69, 9.17) is 28.9 Å². The summed E-state index contributed by atoms with van der Waals surface area (Å²) in [6, 6.07) is 5.33. The quantitative estimate of drug-likeness (QED) is 0.748. The molecule has 0 atom stereocenters. The van der Waals surface area contributed by atoms with Crippen LogP contribution in [0.1, 0.15) is 11.6 Å². The van der Waals surface area contributed by atoms with E-state index in [1.54, 1.807) is 29.7 Å². The summed E-state index contributed by atoms with van der Waals surface area (Å²) in [6.07, 6.45) is 0. The lowest BCUT2D eigenvalue weighted by Gasteiger charge is -2.10. The monoisotopic (exact) mass is 307 g/mol. The minimum atomic E-state index is 0.345. The number of nitrogen functional groups attached to an aromatic ring is 1. The minimum absolute atomic E-state index is 0.345. The molecule has 0 fully saturated rings. The predicted octanol–water partition coefficient (Wildman–Crippen LogP) is 3.32. The van der Waals surface area contributed by atoms with Crippen LogP contribution in [0.4, 0.5) is 5.82 Å². The molecule has 5 nitrogen and oxygen atoms in total. The number of benzene rings is 1. The first-order valence-electron chi connectivity index (χ1n) is 5.92. The van der Waals surface area contributed by atoms with Crippen molar-refractivity contribution in [3.63, 3.8) is 0 Å². The molecule has 0 amide bonds. The van der Waals surface area contributed by atoms with Crippen molar-refractivity contribution in [1.29, 1.82) is 0 Å². The molecule has 2 N–H and O–H groups in total. The van der Waals surface area contributed by atoms with Crippen LogP contribution < -0.4 is 5.73 Å². The number of aryl methyl sites for hydroxylation is 2. The number of imidazole rings is 1. The van der Waals surface area contributed by atoms with Crippen LogP contribution in [0.5, 0.6) is 0 Å². The lowest BCUT2D eigenvalue weighted by molar-refractivity contribution is 0.976. The van der Waals surface area contributed by atoms with Gasteiger partial charge in [0.05, 0.1) is 15.7 Å². The second-order valence-corrected chi connectivity index (χ2v) is 5.21. The fourth-order valence-electron chi connectivity index (χ4n) is 2.17. The van der Waals surface area contributed by atoms with E-state index < -0.39 is 0 Å². The number of hydrogen-bond donors (Lipinski definition) is 1. The van der Waals surface area contributed by atoms with E-state index in [0.717, 1.165) is 0 Å². The Labute approximate surface area is 125 Å². The maximum Gasteiger partial charge on any atom is 0.170 e. The van der Waals surface area contributed by atoms with Crippen molar-refractivity contribution in [2.45, 2.75) is 13.8 Å². The fourth-order valence-corrected chi connectivity index (χ4v) is 2.74. The summed E-state index contributed by atoms with van der Waals surface area (Å²) in [6.45, 7) is 3.62. The highest BCUT2D eigenvalue weighted by atomic mass is 35.5. The molecule has 1 aromatic carbocycles. The summed E-state index contributed by atoms with van der Waals surface area (Å²) in [4.78, 5) is 12.9. The van der Waals surface area contributed by atoms with Crippen molar-refractivity contribution in [2.75, 3.05) is 5.73 Å². The van der Waals surface area contributed by atoms with Crippen LogP contribution in [-0.4, -0.2) is 19.5 Å². The Morgan fingerprint density at radius 1 is 1.05 bits per heavy atom. The van der Waals surface area contributed by atoms with Crippen LogP contribution >= 0.6 is 23.2 Å². The Hall–Kier alpha value is -1.85. The lowest BCUT2D eigenvalue weighted by atomic mass is 10.3. The highest BCUT2D eigenvalue weighted by Crippen LogP contribution is 2.32. The summed E-state index contributed by atoms with van der Waals surface area (Å²) in [5, 5.41) is 1.05. The third-order valence-corrected chi connectivity index (χ3v) is 3.58. The average molecular weight is 308 g/mol. The number of halogens is 2. The highest BCUT2D eigenvalue weighted by molar-refractivity contribution is 6.37. The maximum atomic E-state index is 6.27. The van der Waals surface area contributed by atoms with Crippen LogP contribution in [0.3, 0.4) is 0 Å². The van der Waals surface area contributed by atoms with Crippen LogP contribution in [0, 0.1) is 13.8 Å². The smallest absolute Gasteiger partial charge is 0.170 e. The molecule has 20 heavy (non-hydrogen) atoms. The van der Waals surface area contributed by atoms with Gasteiger partial charge in [0, 0.05) is 0 Å². The van der Waals surface area contributed by atoms with Crippen LogP contribution in [0.15, 0.2) is 18.2 Å². The van der Waals surface area contributed by atoms with Gasteiger partial charge in [0.1, 0.15) is 11.6 Å². The normalized spacial score (nSPS) is 11.2. The Kier molecular flexibility index (Phi) is 3.03. The van der Waals surface area contributed by atoms with Gasteiger partial charge in [-0.2, -0.15) is 0 Å². The Morgan fingerprint density at radius 3 is 2.35 bits per heavy atom. The Morgan fingerprint density at radius 2 is 1.70 bits per heavy atom. The second kappa shape index (κ2) is 4.61. The summed E-state index contributed by atoms with van der Waals surface area (Å²) in [5.41, 5.74) is 7.69. The summed E-state index contributed by atoms with van der Waals surface area (Å²) in [7, 11) is 0. The van der Waals surface area contributed by atoms with E-state index in [9.17, 15) is 0 Å². The molecular formula is C13H11Cl2N5. The van der Waals surface area contributed by atoms with E-state index in [-0.39, 0.29) is 0 Å². The SMILES string of the molecule is Cc1nc(N)c2nc(C)n(-c3c(Cl)cccc3Cl)c2n1. The number of anilines is 1. The zero-order valence-electron chi connectivity index (χ0n) is 10.9. The highest BCUT2D eigenvalue weighted by Gasteiger charge is 2.18. The summed E-state index contributed by atoms with van der Waals surface area (Å²) < 4.78 is 1.80. The molecule has 0 aliphatic rings. The number of fused-ring (bicyclic) bond motifs is 1. The lowest BCUT2D eigenvalue weighted by Crippen LogP contribution is -2.02. The van der Waals surface area contributed by atoms with Gasteiger partial charge in [-0.25, -0.2) is 15.0 Å². The molecule has 102 valence electrons. The fraction of sp³-hybridized carbons (Fsp3) is 0.154. The Bertz CT molecular complexity index is 805. The molecular weight excluding hydrogens is 297 g/mol. The average Bonchev–Trinajstić information content (AvgIpc) is 2.67. The number of aromatic nitrogens is 4. The van der Waals surface area contributed by atoms with E-state index in [1.165, 1.54) is 0 Å². The van der Waals surface area contributed by atoms with Crippen molar-refractivity contribution < 1.29 is 0 Å². The topological polar surface area (TPSA) is 69.6 Å². The first kappa shape index (κ1) is 13.1. The van der Waals surface area contributed by atoms with Gasteiger partial charge in [0.2, 0.25) is 0 Å². The van der Waals surface area contributed by atoms with Gasteiger partial charge in [-0.1, -0.05) is 29.3 Å². The van der Waals surface area contributed by atoms with E-state index >= 15 is 0 Å². The van der Waals surface area contributed by atoms with Crippen molar-refractivity contribution in [2.24, 2.45) is 0 Å². The van der Waals surface area contributed by atoms with Gasteiger partial charge in [0.15, 0.2) is 17.0 Å². The first-order chi connectivity index (χ1) is 9.49. The van der Waals surface area contributed by atoms with Crippen LogP contribution in [0.2, 0.25) is 10.0 Å². The zero-order valence-corrected chi connectivity index (χ0v) is 12.4. The third-order valence-electron chi connectivity index (χ3n) is 2.97. The molecule has 0 radical (unpaired) electrons. The van der Waals surface area contributed by atoms with Crippen molar-refractivity contribution >= 4 is 40.2 Å². The van der Waals surface area contributed by atoms with Crippen LogP contribution in [0.25, 0.3) is 16.9 Å². The molecule has 7 heteroatoms. The Balaban J connectivity index is 2.45. The van der Waals surface area contributed by atoms with Gasteiger partial charge in [-0.05, 0) is 26.0 Å². The molecule has 2 aromatic heterocycles. The third kappa shape index (κ3) is 1.90. The van der Waals surface area contributed by atoms with Gasteiger partial charge in [0.25, 0.3) is 0 Å². The number of nitrogens with zero attached hydrogens (tertiary/aromatic N) is 4. The molecule has 2 heterocycles. The molecule has 0 unspecified atom stereocenters. The molecule has 0 spiro atoms. The predicted molar refractivity (Wildman–Crippen MR) is 80.6 cm³/mol. The van der Waals surface area contributed by atoms with Gasteiger partial charge >= 0.3 is 0 Å². The van der Waals surface area contributed by atoms with Gasteiger partial charge in [-0.3, -0.25) is 4.57 Å². The standard InChI is InChI=1S/C13H11Cl2N5/c1-6-17-12(16)10-13(18-6)20(7(2)19-10)11-8(14)4-3-5-9(11)15/h3-5H,1-2H3,(H2,16,17,18). The largest absolute Gasteiger partial charge is 0.382 e. The number of para-hydroxylation sites is 1. The summed E-state index contributed by atoms with van der Waals surface area (Å²) >= 11 is 12.5. The second-order valence-electron chi connectivity index (χ2n) is 4.39. The molecule has 0 aliphatic carbocycles. The maximum absolute atomic E-state index is 6.27. The van der Waals surface area contributed by atoms with Crippen molar-refractivity contribution in [1.82, 2.24) is 19.5 Å². The van der Waals surface area contributed by atoms with Crippen LogP contribution in [-0.2, 0) is 0 Å². The van der Waals surface area contributed by atoms with Gasteiger partial charge in [-0.15, -0.1) is 0 Å². The molecule has 0 saturated heterocycles. The number of hydrogen-bond acceptors (Lipinski definition) is 4. The first-order valence-corrected chi connectivity index (χ1v) is 6.68. The minimum Gasteiger partial charge on any atom is -0.382 e. The summed E-state index contributed by atoms with van der Waals surface area (Å²) in [5.74, 6) is 1.61. The number of rotatable bonds is 1. The van der Waals surface area contributed by atoms with Crippen molar-refractivity contribution in [3.8, 4) is 5.69 Å². The zero-order chi connectivity index (χ0) is 14.4. The number of nitrogens with two attached hydrogens (primary N) is 1. The van der Waals surface area contributed by atoms with E-state index in [1.807, 2.05) is 6.92 Å². The van der Waals surface area contributed by atoms with E-state index in [2.05, 4.69) is 15.0 Å².